The first-order valence-electron chi connectivity index (χ1n) is 7.53. The summed E-state index contributed by atoms with van der Waals surface area (Å²) < 4.78 is 1.53. The molecule has 0 radical (unpaired) electrons. The summed E-state index contributed by atoms with van der Waals surface area (Å²) in [5.74, 6) is -1.10. The molecule has 6 nitrogen and oxygen atoms in total. The molecule has 0 saturated heterocycles. The molecule has 0 aliphatic carbocycles. The smallest absolute Gasteiger partial charge is 0.303 e. The molecule has 2 N–H and O–H groups in total. The summed E-state index contributed by atoms with van der Waals surface area (Å²) in [6.45, 7) is 1.82. The minimum Gasteiger partial charge on any atom is -0.481 e. The van der Waals surface area contributed by atoms with Crippen LogP contribution in [0.15, 0.2) is 36.4 Å². The zero-order chi connectivity index (χ0) is 16.8. The fraction of sp³-hybridized carbons (Fsp3) is 0.353. The summed E-state index contributed by atoms with van der Waals surface area (Å²) in [7, 11) is 1.71. The van der Waals surface area contributed by atoms with Crippen molar-refractivity contribution in [3.63, 3.8) is 0 Å². The Bertz CT molecular complexity index is 680. The molecule has 0 aliphatic heterocycles. The number of carbonyl (C=O) groups excluding carboxylic acids is 1. The van der Waals surface area contributed by atoms with Gasteiger partial charge in [-0.1, -0.05) is 30.3 Å². The highest BCUT2D eigenvalue weighted by molar-refractivity contribution is 5.92. The zero-order valence-electron chi connectivity index (χ0n) is 13.3. The van der Waals surface area contributed by atoms with Crippen LogP contribution >= 0.6 is 0 Å². The number of carboxylic acids is 1. The van der Waals surface area contributed by atoms with Gasteiger partial charge in [-0.3, -0.25) is 14.3 Å². The van der Waals surface area contributed by atoms with Gasteiger partial charge < -0.3 is 10.4 Å². The number of carboxylic acid groups (broad SMARTS) is 1. The standard InChI is InChI=1S/C17H21N3O3/c1-12-10-15(20(2)19-12)17(23)18-14(8-9-16(21)22)11-13-6-4-3-5-7-13/h3-7,10,14H,8-9,11H2,1-2H3,(H,18,23)(H,21,22). The number of aliphatic carboxylic acids is 1. The van der Waals surface area contributed by atoms with Gasteiger partial charge in [-0.25, -0.2) is 0 Å². The molecule has 1 heterocycles. The molecule has 1 amide bonds. The van der Waals surface area contributed by atoms with Crippen LogP contribution in [0.1, 0.15) is 34.6 Å². The molecule has 1 unspecified atom stereocenters. The number of aromatic nitrogens is 2. The molecule has 122 valence electrons. The maximum Gasteiger partial charge on any atom is 0.303 e. The first-order valence-corrected chi connectivity index (χ1v) is 7.53. The monoisotopic (exact) mass is 315 g/mol. The second-order valence-corrected chi connectivity index (χ2v) is 5.59. The fourth-order valence-corrected chi connectivity index (χ4v) is 2.50. The Balaban J connectivity index is 2.08. The molecule has 1 aromatic heterocycles. The lowest BCUT2D eigenvalue weighted by Gasteiger charge is -2.18. The normalized spacial score (nSPS) is 11.9. The molecule has 1 atom stereocenters. The lowest BCUT2D eigenvalue weighted by atomic mass is 10.0. The Hall–Kier alpha value is -2.63. The molecular formula is C17H21N3O3. The maximum absolute atomic E-state index is 12.4. The summed E-state index contributed by atoms with van der Waals surface area (Å²) in [6.07, 6.45) is 0.992. The molecule has 2 rings (SSSR count). The van der Waals surface area contributed by atoms with Gasteiger partial charge in [-0.05, 0) is 31.4 Å². The van der Waals surface area contributed by atoms with Crippen LogP contribution in [-0.2, 0) is 18.3 Å². The number of hydrogen-bond donors (Lipinski definition) is 2. The third-order valence-corrected chi connectivity index (χ3v) is 3.60. The summed E-state index contributed by atoms with van der Waals surface area (Å²) in [6, 6.07) is 11.2. The number of rotatable bonds is 7. The van der Waals surface area contributed by atoms with E-state index in [2.05, 4.69) is 10.4 Å². The van der Waals surface area contributed by atoms with E-state index in [0.717, 1.165) is 11.3 Å². The second kappa shape index (κ2) is 7.58. The molecular weight excluding hydrogens is 294 g/mol. The molecule has 0 saturated carbocycles. The van der Waals surface area contributed by atoms with Crippen molar-refractivity contribution in [2.24, 2.45) is 7.05 Å². The highest BCUT2D eigenvalue weighted by Gasteiger charge is 2.18. The largest absolute Gasteiger partial charge is 0.481 e. The van der Waals surface area contributed by atoms with Crippen molar-refractivity contribution in [2.75, 3.05) is 0 Å². The second-order valence-electron chi connectivity index (χ2n) is 5.59. The number of aryl methyl sites for hydroxylation is 2. The zero-order valence-corrected chi connectivity index (χ0v) is 13.3. The minimum absolute atomic E-state index is 0.0161. The van der Waals surface area contributed by atoms with Crippen molar-refractivity contribution >= 4 is 11.9 Å². The third kappa shape index (κ3) is 4.95. The highest BCUT2D eigenvalue weighted by Crippen LogP contribution is 2.10. The Labute approximate surface area is 135 Å². The van der Waals surface area contributed by atoms with E-state index in [4.69, 9.17) is 5.11 Å². The van der Waals surface area contributed by atoms with E-state index >= 15 is 0 Å². The van der Waals surface area contributed by atoms with Crippen LogP contribution in [0.5, 0.6) is 0 Å². The molecule has 6 heteroatoms. The van der Waals surface area contributed by atoms with E-state index in [1.807, 2.05) is 37.3 Å². The Morgan fingerprint density at radius 3 is 2.57 bits per heavy atom. The first-order chi connectivity index (χ1) is 11.0. The molecule has 0 aliphatic rings. The number of hydrogen-bond acceptors (Lipinski definition) is 3. The number of amides is 1. The van der Waals surface area contributed by atoms with Crippen molar-refractivity contribution in [1.29, 1.82) is 0 Å². The number of carbonyl (C=O) groups is 2. The van der Waals surface area contributed by atoms with Gasteiger partial charge in [0.2, 0.25) is 0 Å². The summed E-state index contributed by atoms with van der Waals surface area (Å²) >= 11 is 0. The van der Waals surface area contributed by atoms with E-state index < -0.39 is 5.97 Å². The predicted octanol–water partition coefficient (Wildman–Crippen LogP) is 1.93. The number of nitrogens with zero attached hydrogens (tertiary/aromatic N) is 2. The lowest BCUT2D eigenvalue weighted by Crippen LogP contribution is -2.37. The van der Waals surface area contributed by atoms with Crippen molar-refractivity contribution in [3.05, 3.63) is 53.3 Å². The van der Waals surface area contributed by atoms with Crippen LogP contribution in [0.2, 0.25) is 0 Å². The van der Waals surface area contributed by atoms with Crippen LogP contribution in [0.4, 0.5) is 0 Å². The van der Waals surface area contributed by atoms with Gasteiger partial charge >= 0.3 is 5.97 Å². The number of benzene rings is 1. The van der Waals surface area contributed by atoms with Crippen LogP contribution in [-0.4, -0.2) is 32.8 Å². The van der Waals surface area contributed by atoms with Gasteiger partial charge in [0.1, 0.15) is 5.69 Å². The highest BCUT2D eigenvalue weighted by atomic mass is 16.4. The van der Waals surface area contributed by atoms with E-state index in [0.29, 0.717) is 18.5 Å². The Kier molecular flexibility index (Phi) is 5.51. The van der Waals surface area contributed by atoms with E-state index in [1.54, 1.807) is 13.1 Å². The molecule has 1 aromatic carbocycles. The van der Waals surface area contributed by atoms with Crippen LogP contribution < -0.4 is 5.32 Å². The fourth-order valence-electron chi connectivity index (χ4n) is 2.50. The number of nitrogens with one attached hydrogen (secondary N) is 1. The molecule has 0 fully saturated rings. The Morgan fingerprint density at radius 1 is 1.30 bits per heavy atom. The summed E-state index contributed by atoms with van der Waals surface area (Å²) in [5.41, 5.74) is 2.29. The van der Waals surface area contributed by atoms with Gasteiger partial charge in [-0.15, -0.1) is 0 Å². The Morgan fingerprint density at radius 2 is 2.00 bits per heavy atom. The molecule has 0 spiro atoms. The molecule has 0 bridgehead atoms. The lowest BCUT2D eigenvalue weighted by molar-refractivity contribution is -0.137. The van der Waals surface area contributed by atoms with E-state index in [-0.39, 0.29) is 18.4 Å². The first kappa shape index (κ1) is 16.7. The van der Waals surface area contributed by atoms with E-state index in [1.165, 1.54) is 4.68 Å². The van der Waals surface area contributed by atoms with E-state index in [9.17, 15) is 9.59 Å². The van der Waals surface area contributed by atoms with Gasteiger partial charge in [0, 0.05) is 19.5 Å². The van der Waals surface area contributed by atoms with Crippen LogP contribution in [0.3, 0.4) is 0 Å². The summed E-state index contributed by atoms with van der Waals surface area (Å²) in [4.78, 5) is 23.2. The summed E-state index contributed by atoms with van der Waals surface area (Å²) in [5, 5.41) is 16.0. The molecule has 23 heavy (non-hydrogen) atoms. The third-order valence-electron chi connectivity index (χ3n) is 3.60. The average molecular weight is 315 g/mol. The quantitative estimate of drug-likeness (QED) is 0.818. The van der Waals surface area contributed by atoms with Gasteiger partial charge in [0.25, 0.3) is 5.91 Å². The van der Waals surface area contributed by atoms with Gasteiger partial charge in [-0.2, -0.15) is 5.10 Å². The van der Waals surface area contributed by atoms with Crippen LogP contribution in [0.25, 0.3) is 0 Å². The average Bonchev–Trinajstić information content (AvgIpc) is 2.84. The SMILES string of the molecule is Cc1cc(C(=O)NC(CCC(=O)O)Cc2ccccc2)n(C)n1. The van der Waals surface area contributed by atoms with Gasteiger partial charge in [0.05, 0.1) is 5.69 Å². The molecule has 2 aromatic rings. The van der Waals surface area contributed by atoms with Crippen molar-refractivity contribution < 1.29 is 14.7 Å². The van der Waals surface area contributed by atoms with Crippen molar-refractivity contribution in [2.45, 2.75) is 32.2 Å². The maximum atomic E-state index is 12.4. The topological polar surface area (TPSA) is 84.2 Å². The van der Waals surface area contributed by atoms with Crippen molar-refractivity contribution in [1.82, 2.24) is 15.1 Å². The van der Waals surface area contributed by atoms with Gasteiger partial charge in [0.15, 0.2) is 0 Å². The predicted molar refractivity (Wildman–Crippen MR) is 86.2 cm³/mol. The van der Waals surface area contributed by atoms with Crippen molar-refractivity contribution in [3.8, 4) is 0 Å². The minimum atomic E-state index is -0.867. The van der Waals surface area contributed by atoms with Crippen LogP contribution in [0, 0.1) is 6.92 Å².